The zero-order chi connectivity index (χ0) is 18.8. The highest BCUT2D eigenvalue weighted by Crippen LogP contribution is 2.50. The van der Waals surface area contributed by atoms with E-state index in [1.807, 2.05) is 0 Å². The van der Waals surface area contributed by atoms with Crippen molar-refractivity contribution in [3.8, 4) is 0 Å². The highest BCUT2D eigenvalue weighted by Gasteiger charge is 2.49. The van der Waals surface area contributed by atoms with Crippen LogP contribution in [0, 0.1) is 17.0 Å². The molecule has 2 nitrogen and oxygen atoms in total. The molecular weight excluding hydrogens is 402 g/mol. The number of ether oxygens (including phenoxy) is 1. The summed E-state index contributed by atoms with van der Waals surface area (Å²) in [4.78, 5) is 0. The SMILES string of the molecule is C=C(C[C@@]1(CO)CO[C@@](CBr)(c2ccc(F)cc2)C1)c1ccc(F)cc1. The van der Waals surface area contributed by atoms with E-state index in [4.69, 9.17) is 4.74 Å². The zero-order valence-corrected chi connectivity index (χ0v) is 15.9. The summed E-state index contributed by atoms with van der Waals surface area (Å²) in [5, 5.41) is 10.7. The Bertz CT molecular complexity index is 776. The summed E-state index contributed by atoms with van der Waals surface area (Å²) in [6.45, 7) is 4.43. The molecule has 1 fully saturated rings. The molecular formula is C21H21BrF2O2. The van der Waals surface area contributed by atoms with Gasteiger partial charge in [0.15, 0.2) is 0 Å². The molecule has 2 aromatic rings. The van der Waals surface area contributed by atoms with E-state index in [1.165, 1.54) is 24.3 Å². The third kappa shape index (κ3) is 3.75. The summed E-state index contributed by atoms with van der Waals surface area (Å²) in [5.74, 6) is -0.591. The van der Waals surface area contributed by atoms with Gasteiger partial charge in [0.1, 0.15) is 17.2 Å². The average Bonchev–Trinajstić information content (AvgIpc) is 3.03. The van der Waals surface area contributed by atoms with Crippen molar-refractivity contribution < 1.29 is 18.6 Å². The predicted octanol–water partition coefficient (Wildman–Crippen LogP) is 5.06. The van der Waals surface area contributed by atoms with Crippen LogP contribution >= 0.6 is 15.9 Å². The summed E-state index contributed by atoms with van der Waals surface area (Å²) in [5.41, 5.74) is 1.43. The molecule has 1 heterocycles. The number of hydrogen-bond donors (Lipinski definition) is 1. The molecule has 1 N–H and O–H groups in total. The van der Waals surface area contributed by atoms with E-state index in [9.17, 15) is 13.9 Å². The van der Waals surface area contributed by atoms with Crippen LogP contribution in [0.25, 0.3) is 5.57 Å². The lowest BCUT2D eigenvalue weighted by Gasteiger charge is -2.30. The van der Waals surface area contributed by atoms with Gasteiger partial charge in [-0.25, -0.2) is 8.78 Å². The summed E-state index contributed by atoms with van der Waals surface area (Å²) in [6, 6.07) is 12.5. The van der Waals surface area contributed by atoms with Crippen LogP contribution in [0.1, 0.15) is 24.0 Å². The third-order valence-corrected chi connectivity index (χ3v) is 5.98. The van der Waals surface area contributed by atoms with Gasteiger partial charge in [0.25, 0.3) is 0 Å². The van der Waals surface area contributed by atoms with Gasteiger partial charge in [-0.3, -0.25) is 0 Å². The zero-order valence-electron chi connectivity index (χ0n) is 14.4. The van der Waals surface area contributed by atoms with Crippen LogP contribution < -0.4 is 0 Å². The number of aliphatic hydroxyl groups excluding tert-OH is 1. The van der Waals surface area contributed by atoms with E-state index >= 15 is 0 Å². The Kier molecular flexibility index (Phi) is 5.61. The molecule has 0 spiro atoms. The number of allylic oxidation sites excluding steroid dienone is 1. The molecule has 0 unspecified atom stereocenters. The first-order valence-electron chi connectivity index (χ1n) is 8.43. The summed E-state index contributed by atoms with van der Waals surface area (Å²) < 4.78 is 32.6. The number of rotatable bonds is 6. The number of halogens is 3. The normalized spacial score (nSPS) is 25.4. The first-order chi connectivity index (χ1) is 12.4. The summed E-state index contributed by atoms with van der Waals surface area (Å²) >= 11 is 3.52. The third-order valence-electron chi connectivity index (χ3n) is 5.08. The van der Waals surface area contributed by atoms with Crippen LogP contribution in [-0.4, -0.2) is 23.7 Å². The van der Waals surface area contributed by atoms with Gasteiger partial charge in [0.2, 0.25) is 0 Å². The minimum absolute atomic E-state index is 0.0524. The van der Waals surface area contributed by atoms with Gasteiger partial charge >= 0.3 is 0 Å². The molecule has 0 bridgehead atoms. The lowest BCUT2D eigenvalue weighted by Crippen LogP contribution is -2.31. The highest BCUT2D eigenvalue weighted by molar-refractivity contribution is 9.09. The molecule has 0 aromatic heterocycles. The summed E-state index contributed by atoms with van der Waals surface area (Å²) in [6.07, 6.45) is 1.11. The molecule has 138 valence electrons. The van der Waals surface area contributed by atoms with Crippen molar-refractivity contribution in [1.82, 2.24) is 0 Å². The van der Waals surface area contributed by atoms with E-state index in [1.54, 1.807) is 24.3 Å². The number of alkyl halides is 1. The van der Waals surface area contributed by atoms with Gasteiger partial charge in [0.05, 0.1) is 13.2 Å². The van der Waals surface area contributed by atoms with Crippen molar-refractivity contribution in [3.05, 3.63) is 77.9 Å². The molecule has 5 heteroatoms. The lowest BCUT2D eigenvalue weighted by molar-refractivity contribution is 0.0146. The summed E-state index contributed by atoms with van der Waals surface area (Å²) in [7, 11) is 0. The molecule has 1 saturated heterocycles. The maximum Gasteiger partial charge on any atom is 0.123 e. The van der Waals surface area contributed by atoms with E-state index in [0.29, 0.717) is 24.8 Å². The number of benzene rings is 2. The smallest absolute Gasteiger partial charge is 0.123 e. The minimum Gasteiger partial charge on any atom is -0.396 e. The molecule has 1 aliphatic heterocycles. The van der Waals surface area contributed by atoms with Crippen LogP contribution in [0.5, 0.6) is 0 Å². The Balaban J connectivity index is 1.83. The molecule has 0 saturated carbocycles. The molecule has 0 amide bonds. The van der Waals surface area contributed by atoms with Crippen LogP contribution in [0.15, 0.2) is 55.1 Å². The maximum absolute atomic E-state index is 13.3. The van der Waals surface area contributed by atoms with Gasteiger partial charge in [-0.15, -0.1) is 0 Å². The Morgan fingerprint density at radius 2 is 1.65 bits per heavy atom. The van der Waals surface area contributed by atoms with Gasteiger partial charge in [-0.1, -0.05) is 46.8 Å². The van der Waals surface area contributed by atoms with Crippen molar-refractivity contribution in [3.63, 3.8) is 0 Å². The predicted molar refractivity (Wildman–Crippen MR) is 102 cm³/mol. The molecule has 26 heavy (non-hydrogen) atoms. The van der Waals surface area contributed by atoms with E-state index in [0.717, 1.165) is 16.7 Å². The minimum atomic E-state index is -0.625. The fourth-order valence-corrected chi connectivity index (χ4v) is 4.30. The first-order valence-corrected chi connectivity index (χ1v) is 9.55. The van der Waals surface area contributed by atoms with Gasteiger partial charge < -0.3 is 9.84 Å². The highest BCUT2D eigenvalue weighted by atomic mass is 79.9. The van der Waals surface area contributed by atoms with Gasteiger partial charge in [-0.2, -0.15) is 0 Å². The fourth-order valence-electron chi connectivity index (χ4n) is 3.61. The Morgan fingerprint density at radius 1 is 1.08 bits per heavy atom. The van der Waals surface area contributed by atoms with Crippen LogP contribution in [0.2, 0.25) is 0 Å². The van der Waals surface area contributed by atoms with E-state index in [-0.39, 0.29) is 18.2 Å². The quantitative estimate of drug-likeness (QED) is 0.659. The Labute approximate surface area is 160 Å². The fraction of sp³-hybridized carbons (Fsp3) is 0.333. The monoisotopic (exact) mass is 422 g/mol. The lowest BCUT2D eigenvalue weighted by atomic mass is 9.74. The van der Waals surface area contributed by atoms with Crippen molar-refractivity contribution in [2.45, 2.75) is 18.4 Å². The second-order valence-corrected chi connectivity index (χ2v) is 7.61. The number of hydrogen-bond acceptors (Lipinski definition) is 2. The van der Waals surface area contributed by atoms with Crippen molar-refractivity contribution in [2.75, 3.05) is 18.5 Å². The van der Waals surface area contributed by atoms with Crippen molar-refractivity contribution >= 4 is 21.5 Å². The number of aliphatic hydroxyl groups is 1. The molecule has 0 aliphatic carbocycles. The largest absolute Gasteiger partial charge is 0.396 e. The standard InChI is InChI=1S/C21H21BrF2O2/c1-15(16-2-6-18(23)7-3-16)10-20(13-25)11-21(12-22,26-14-20)17-4-8-19(24)9-5-17/h2-9,25H,1,10-14H2/t20-,21+/m1/s1. The average molecular weight is 423 g/mol. The Hall–Kier alpha value is -1.56. The van der Waals surface area contributed by atoms with E-state index < -0.39 is 11.0 Å². The molecule has 1 aliphatic rings. The van der Waals surface area contributed by atoms with Crippen LogP contribution in [0.4, 0.5) is 8.78 Å². The first kappa shape index (κ1) is 19.2. The van der Waals surface area contributed by atoms with Crippen LogP contribution in [0.3, 0.4) is 0 Å². The molecule has 2 atom stereocenters. The Morgan fingerprint density at radius 3 is 2.19 bits per heavy atom. The second-order valence-electron chi connectivity index (χ2n) is 7.05. The molecule has 3 rings (SSSR count). The van der Waals surface area contributed by atoms with Crippen LogP contribution in [-0.2, 0) is 10.3 Å². The van der Waals surface area contributed by atoms with Gasteiger partial charge in [0, 0.05) is 10.7 Å². The van der Waals surface area contributed by atoms with Crippen molar-refractivity contribution in [1.29, 1.82) is 0 Å². The van der Waals surface area contributed by atoms with Crippen molar-refractivity contribution in [2.24, 2.45) is 5.41 Å². The molecule has 2 aromatic carbocycles. The van der Waals surface area contributed by atoms with E-state index in [2.05, 4.69) is 22.5 Å². The molecule has 0 radical (unpaired) electrons. The maximum atomic E-state index is 13.3. The second kappa shape index (κ2) is 7.59. The topological polar surface area (TPSA) is 29.5 Å². The van der Waals surface area contributed by atoms with Gasteiger partial charge in [-0.05, 0) is 53.8 Å².